The number of aromatic nitrogens is 2. The average molecular weight is 245 g/mol. The third kappa shape index (κ3) is 4.03. The van der Waals surface area contributed by atoms with Gasteiger partial charge in [0.15, 0.2) is 0 Å². The van der Waals surface area contributed by atoms with E-state index >= 15 is 0 Å². The van der Waals surface area contributed by atoms with Crippen molar-refractivity contribution < 1.29 is 9.84 Å². The lowest BCUT2D eigenvalue weighted by molar-refractivity contribution is 0.201. The van der Waals surface area contributed by atoms with Crippen molar-refractivity contribution in [1.82, 2.24) is 9.36 Å². The highest BCUT2D eigenvalue weighted by molar-refractivity contribution is 7.09. The molecule has 1 aromatic rings. The number of aliphatic hydroxyl groups is 1. The molecule has 0 aromatic carbocycles. The molecule has 1 rings (SSSR count). The van der Waals surface area contributed by atoms with Gasteiger partial charge in [0.1, 0.15) is 5.82 Å². The fourth-order valence-corrected chi connectivity index (χ4v) is 1.86. The molecule has 2 N–H and O–H groups in total. The number of ether oxygens (including phenoxy) is 1. The minimum Gasteiger partial charge on any atom is -0.394 e. The van der Waals surface area contributed by atoms with Crippen molar-refractivity contribution in [2.45, 2.75) is 26.3 Å². The summed E-state index contributed by atoms with van der Waals surface area (Å²) in [7, 11) is 1.66. The van der Waals surface area contributed by atoms with Crippen LogP contribution >= 0.6 is 11.5 Å². The van der Waals surface area contributed by atoms with Gasteiger partial charge in [-0.25, -0.2) is 4.98 Å². The standard InChI is InChI=1S/C10H19N3O2S/c1-7(2)8(6-14)11-10-12-9(13-16-10)4-5-15-3/h7-8,14H,4-6H2,1-3H3,(H,11,12,13)/t8-/m1/s1. The molecule has 0 unspecified atom stereocenters. The Morgan fingerprint density at radius 2 is 2.25 bits per heavy atom. The van der Waals surface area contributed by atoms with E-state index in [1.54, 1.807) is 7.11 Å². The van der Waals surface area contributed by atoms with Gasteiger partial charge in [-0.05, 0) is 5.92 Å². The quantitative estimate of drug-likeness (QED) is 0.754. The minimum absolute atomic E-state index is 0.0308. The number of methoxy groups -OCH3 is 1. The molecule has 0 radical (unpaired) electrons. The molecule has 92 valence electrons. The summed E-state index contributed by atoms with van der Waals surface area (Å²) in [5.41, 5.74) is 0. The Bertz CT molecular complexity index is 304. The van der Waals surface area contributed by atoms with Crippen LogP contribution in [0.25, 0.3) is 0 Å². The predicted molar refractivity (Wildman–Crippen MR) is 64.8 cm³/mol. The molecule has 16 heavy (non-hydrogen) atoms. The Balaban J connectivity index is 2.50. The Morgan fingerprint density at radius 3 is 2.81 bits per heavy atom. The van der Waals surface area contributed by atoms with Crippen molar-refractivity contribution >= 4 is 16.7 Å². The molecule has 5 nitrogen and oxygen atoms in total. The Kier molecular flexibility index (Phi) is 5.65. The molecule has 1 atom stereocenters. The maximum absolute atomic E-state index is 9.18. The number of hydrogen-bond acceptors (Lipinski definition) is 6. The Labute approximate surface area is 100 Å². The molecule has 0 aliphatic rings. The van der Waals surface area contributed by atoms with E-state index in [4.69, 9.17) is 4.74 Å². The zero-order valence-corrected chi connectivity index (χ0v) is 10.8. The largest absolute Gasteiger partial charge is 0.394 e. The highest BCUT2D eigenvalue weighted by Crippen LogP contribution is 2.15. The van der Waals surface area contributed by atoms with E-state index in [2.05, 4.69) is 28.5 Å². The number of aliphatic hydroxyl groups excluding tert-OH is 1. The second-order valence-electron chi connectivity index (χ2n) is 3.94. The first kappa shape index (κ1) is 13.3. The zero-order valence-electron chi connectivity index (χ0n) is 9.93. The zero-order chi connectivity index (χ0) is 12.0. The number of anilines is 1. The van der Waals surface area contributed by atoms with Crippen LogP contribution in [0.2, 0.25) is 0 Å². The second kappa shape index (κ2) is 6.78. The topological polar surface area (TPSA) is 67.3 Å². The third-order valence-corrected chi connectivity index (χ3v) is 2.99. The SMILES string of the molecule is COCCc1nsc(N[C@H](CO)C(C)C)n1. The van der Waals surface area contributed by atoms with E-state index in [0.29, 0.717) is 12.5 Å². The number of hydrogen-bond donors (Lipinski definition) is 2. The summed E-state index contributed by atoms with van der Waals surface area (Å²) in [6, 6.07) is 0.0308. The smallest absolute Gasteiger partial charge is 0.202 e. The lowest BCUT2D eigenvalue weighted by Crippen LogP contribution is -2.29. The predicted octanol–water partition coefficient (Wildman–Crippen LogP) is 1.16. The van der Waals surface area contributed by atoms with Gasteiger partial charge < -0.3 is 15.2 Å². The Hall–Kier alpha value is -0.720. The maximum Gasteiger partial charge on any atom is 0.202 e. The van der Waals surface area contributed by atoms with Crippen LogP contribution in [0.3, 0.4) is 0 Å². The van der Waals surface area contributed by atoms with Crippen molar-refractivity contribution in [2.75, 3.05) is 25.6 Å². The second-order valence-corrected chi connectivity index (χ2v) is 4.69. The molecule has 0 spiro atoms. The van der Waals surface area contributed by atoms with Crippen LogP contribution in [-0.2, 0) is 11.2 Å². The number of nitrogens with one attached hydrogen (secondary N) is 1. The molecular formula is C10H19N3O2S. The lowest BCUT2D eigenvalue weighted by Gasteiger charge is -2.18. The van der Waals surface area contributed by atoms with Crippen molar-refractivity contribution in [2.24, 2.45) is 5.92 Å². The fraction of sp³-hybridized carbons (Fsp3) is 0.800. The molecule has 0 saturated carbocycles. The average Bonchev–Trinajstić information content (AvgIpc) is 2.70. The van der Waals surface area contributed by atoms with Gasteiger partial charge in [-0.2, -0.15) is 4.37 Å². The molecule has 0 bridgehead atoms. The van der Waals surface area contributed by atoms with E-state index < -0.39 is 0 Å². The number of rotatable bonds is 7. The van der Waals surface area contributed by atoms with E-state index in [1.807, 2.05) is 0 Å². The summed E-state index contributed by atoms with van der Waals surface area (Å²) >= 11 is 1.32. The van der Waals surface area contributed by atoms with Gasteiger partial charge in [-0.3, -0.25) is 0 Å². The van der Waals surface area contributed by atoms with Gasteiger partial charge in [0.2, 0.25) is 5.13 Å². The molecule has 1 aromatic heterocycles. The first-order valence-electron chi connectivity index (χ1n) is 5.36. The summed E-state index contributed by atoms with van der Waals surface area (Å²) in [6.07, 6.45) is 0.722. The van der Waals surface area contributed by atoms with Gasteiger partial charge in [-0.1, -0.05) is 13.8 Å². The van der Waals surface area contributed by atoms with Gasteiger partial charge in [-0.15, -0.1) is 0 Å². The van der Waals surface area contributed by atoms with Crippen molar-refractivity contribution in [1.29, 1.82) is 0 Å². The van der Waals surface area contributed by atoms with Gasteiger partial charge in [0, 0.05) is 25.1 Å². The molecular weight excluding hydrogens is 226 g/mol. The number of nitrogens with zero attached hydrogens (tertiary/aromatic N) is 2. The summed E-state index contributed by atoms with van der Waals surface area (Å²) in [5, 5.41) is 13.1. The summed E-state index contributed by atoms with van der Waals surface area (Å²) in [6.45, 7) is 4.84. The molecule has 6 heteroatoms. The third-order valence-electron chi connectivity index (χ3n) is 2.31. The summed E-state index contributed by atoms with van der Waals surface area (Å²) in [5.74, 6) is 1.14. The molecule has 0 fully saturated rings. The minimum atomic E-state index is 0.0308. The fourth-order valence-electron chi connectivity index (χ4n) is 1.19. The van der Waals surface area contributed by atoms with E-state index in [1.165, 1.54) is 11.5 Å². The van der Waals surface area contributed by atoms with Crippen LogP contribution < -0.4 is 5.32 Å². The molecule has 1 heterocycles. The van der Waals surface area contributed by atoms with Gasteiger partial charge in [0.25, 0.3) is 0 Å². The molecule has 0 aliphatic carbocycles. The van der Waals surface area contributed by atoms with Gasteiger partial charge in [0.05, 0.1) is 19.3 Å². The van der Waals surface area contributed by atoms with Crippen LogP contribution in [-0.4, -0.2) is 40.8 Å². The highest BCUT2D eigenvalue weighted by atomic mass is 32.1. The van der Waals surface area contributed by atoms with Crippen LogP contribution in [0, 0.1) is 5.92 Å². The molecule has 0 aliphatic heterocycles. The van der Waals surface area contributed by atoms with E-state index in [9.17, 15) is 5.11 Å². The normalized spacial score (nSPS) is 13.1. The van der Waals surface area contributed by atoms with Crippen molar-refractivity contribution in [3.05, 3.63) is 5.82 Å². The van der Waals surface area contributed by atoms with Crippen LogP contribution in [0.1, 0.15) is 19.7 Å². The van der Waals surface area contributed by atoms with Crippen molar-refractivity contribution in [3.8, 4) is 0 Å². The maximum atomic E-state index is 9.18. The highest BCUT2D eigenvalue weighted by Gasteiger charge is 2.14. The lowest BCUT2D eigenvalue weighted by atomic mass is 10.1. The first-order valence-corrected chi connectivity index (χ1v) is 6.13. The van der Waals surface area contributed by atoms with E-state index in [-0.39, 0.29) is 12.6 Å². The summed E-state index contributed by atoms with van der Waals surface area (Å²) in [4.78, 5) is 4.32. The van der Waals surface area contributed by atoms with Crippen molar-refractivity contribution in [3.63, 3.8) is 0 Å². The Morgan fingerprint density at radius 1 is 1.50 bits per heavy atom. The van der Waals surface area contributed by atoms with Crippen LogP contribution in [0.4, 0.5) is 5.13 Å². The van der Waals surface area contributed by atoms with Crippen LogP contribution in [0.15, 0.2) is 0 Å². The monoisotopic (exact) mass is 245 g/mol. The van der Waals surface area contributed by atoms with Gasteiger partial charge >= 0.3 is 0 Å². The summed E-state index contributed by atoms with van der Waals surface area (Å²) < 4.78 is 9.17. The molecule has 0 amide bonds. The van der Waals surface area contributed by atoms with Crippen LogP contribution in [0.5, 0.6) is 0 Å². The molecule has 0 saturated heterocycles. The first-order chi connectivity index (χ1) is 7.67. The van der Waals surface area contributed by atoms with E-state index in [0.717, 1.165) is 17.4 Å².